The summed E-state index contributed by atoms with van der Waals surface area (Å²) in [4.78, 5) is 26.0. The summed E-state index contributed by atoms with van der Waals surface area (Å²) in [6, 6.07) is 12.6. The van der Waals surface area contributed by atoms with Crippen LogP contribution in [-0.4, -0.2) is 47.0 Å². The summed E-state index contributed by atoms with van der Waals surface area (Å²) >= 11 is 0. The van der Waals surface area contributed by atoms with E-state index in [9.17, 15) is 4.79 Å². The average Bonchev–Trinajstić information content (AvgIpc) is 3.23. The first-order valence-corrected chi connectivity index (χ1v) is 10.1. The second kappa shape index (κ2) is 8.07. The van der Waals surface area contributed by atoms with Crippen molar-refractivity contribution in [1.29, 1.82) is 0 Å². The van der Waals surface area contributed by atoms with Gasteiger partial charge in [0.05, 0.1) is 0 Å². The molecule has 0 unspecified atom stereocenters. The van der Waals surface area contributed by atoms with Gasteiger partial charge in [-0.05, 0) is 50.5 Å². The highest BCUT2D eigenvalue weighted by molar-refractivity contribution is 5.93. The number of aromatic nitrogens is 2. The van der Waals surface area contributed by atoms with Gasteiger partial charge >= 0.3 is 0 Å². The number of nitrogens with zero attached hydrogens (tertiary/aromatic N) is 4. The molecule has 142 valence electrons. The van der Waals surface area contributed by atoms with Gasteiger partial charge < -0.3 is 9.80 Å². The molecular formula is C22H28N4O. The lowest BCUT2D eigenvalue weighted by molar-refractivity contribution is 0.0786. The highest BCUT2D eigenvalue weighted by Gasteiger charge is 2.24. The third kappa shape index (κ3) is 4.29. The lowest BCUT2D eigenvalue weighted by Gasteiger charge is -2.33. The number of benzene rings is 1. The number of amides is 1. The molecule has 0 bridgehead atoms. The van der Waals surface area contributed by atoms with Crippen molar-refractivity contribution in [2.75, 3.05) is 31.1 Å². The summed E-state index contributed by atoms with van der Waals surface area (Å²) in [6.45, 7) is 5.56. The molecular weight excluding hydrogens is 336 g/mol. The van der Waals surface area contributed by atoms with E-state index in [1.165, 1.54) is 5.56 Å². The summed E-state index contributed by atoms with van der Waals surface area (Å²) in [5, 5.41) is 0. The first-order valence-electron chi connectivity index (χ1n) is 10.1. The van der Waals surface area contributed by atoms with Crippen LogP contribution < -0.4 is 4.90 Å². The van der Waals surface area contributed by atoms with Crippen LogP contribution in [0.15, 0.2) is 36.4 Å². The Bertz CT molecular complexity index is 778. The molecule has 1 aromatic heterocycles. The van der Waals surface area contributed by atoms with E-state index in [1.807, 2.05) is 17.9 Å². The van der Waals surface area contributed by atoms with E-state index < -0.39 is 0 Å². The molecule has 4 rings (SSSR count). The third-order valence-corrected chi connectivity index (χ3v) is 5.74. The van der Waals surface area contributed by atoms with Crippen molar-refractivity contribution < 1.29 is 4.79 Å². The Kier molecular flexibility index (Phi) is 5.37. The van der Waals surface area contributed by atoms with Crippen molar-refractivity contribution in [2.45, 2.75) is 39.0 Å². The zero-order chi connectivity index (χ0) is 18.6. The van der Waals surface area contributed by atoms with Crippen LogP contribution in [0, 0.1) is 12.8 Å². The minimum absolute atomic E-state index is 0.0539. The van der Waals surface area contributed by atoms with Gasteiger partial charge in [0.15, 0.2) is 0 Å². The van der Waals surface area contributed by atoms with E-state index in [0.29, 0.717) is 11.5 Å². The van der Waals surface area contributed by atoms with E-state index >= 15 is 0 Å². The fraction of sp³-hybridized carbons (Fsp3) is 0.500. The fourth-order valence-corrected chi connectivity index (χ4v) is 4.22. The predicted molar refractivity (Wildman–Crippen MR) is 107 cm³/mol. The molecule has 0 atom stereocenters. The molecule has 1 amide bonds. The minimum Gasteiger partial charge on any atom is -0.356 e. The predicted octanol–water partition coefficient (Wildman–Crippen LogP) is 3.48. The van der Waals surface area contributed by atoms with Gasteiger partial charge in [-0.25, -0.2) is 9.97 Å². The molecule has 0 N–H and O–H groups in total. The largest absolute Gasteiger partial charge is 0.356 e. The molecule has 0 saturated carbocycles. The van der Waals surface area contributed by atoms with Crippen LogP contribution in [0.2, 0.25) is 0 Å². The van der Waals surface area contributed by atoms with Crippen LogP contribution in [0.3, 0.4) is 0 Å². The average molecular weight is 364 g/mol. The van der Waals surface area contributed by atoms with Crippen molar-refractivity contribution in [2.24, 2.45) is 5.92 Å². The van der Waals surface area contributed by atoms with Gasteiger partial charge in [0.1, 0.15) is 17.3 Å². The highest BCUT2D eigenvalue weighted by Crippen LogP contribution is 2.25. The number of likely N-dealkylation sites (tertiary alicyclic amines) is 1. The van der Waals surface area contributed by atoms with E-state index in [4.69, 9.17) is 0 Å². The maximum Gasteiger partial charge on any atom is 0.272 e. The Morgan fingerprint density at radius 1 is 1.04 bits per heavy atom. The minimum atomic E-state index is 0.0539. The zero-order valence-electron chi connectivity index (χ0n) is 16.1. The highest BCUT2D eigenvalue weighted by atomic mass is 16.2. The first kappa shape index (κ1) is 18.0. The molecule has 2 fully saturated rings. The van der Waals surface area contributed by atoms with Crippen LogP contribution in [0.1, 0.15) is 47.6 Å². The van der Waals surface area contributed by atoms with Gasteiger partial charge in [0.25, 0.3) is 5.91 Å². The number of anilines is 1. The van der Waals surface area contributed by atoms with Gasteiger partial charge in [-0.2, -0.15) is 0 Å². The number of piperidine rings is 1. The lowest BCUT2D eigenvalue weighted by atomic mass is 9.90. The maximum absolute atomic E-state index is 12.7. The van der Waals surface area contributed by atoms with Crippen molar-refractivity contribution in [1.82, 2.24) is 14.9 Å². The molecule has 2 aliphatic heterocycles. The molecule has 5 nitrogen and oxygen atoms in total. The Hall–Kier alpha value is -2.43. The van der Waals surface area contributed by atoms with E-state index in [-0.39, 0.29) is 5.91 Å². The second-order valence-electron chi connectivity index (χ2n) is 7.78. The van der Waals surface area contributed by atoms with E-state index in [0.717, 1.165) is 70.0 Å². The van der Waals surface area contributed by atoms with Crippen molar-refractivity contribution >= 4 is 11.7 Å². The quantitative estimate of drug-likeness (QED) is 0.833. The number of hydrogen-bond acceptors (Lipinski definition) is 4. The van der Waals surface area contributed by atoms with Crippen LogP contribution in [0.25, 0.3) is 0 Å². The molecule has 2 aromatic rings. The fourth-order valence-electron chi connectivity index (χ4n) is 4.22. The SMILES string of the molecule is Cc1nc(C(=O)N2CCCC2)cc(N2CCC(Cc3ccccc3)CC2)n1. The zero-order valence-corrected chi connectivity index (χ0v) is 16.1. The van der Waals surface area contributed by atoms with Crippen molar-refractivity contribution in [3.05, 3.63) is 53.5 Å². The molecule has 5 heteroatoms. The Morgan fingerprint density at radius 2 is 1.74 bits per heavy atom. The van der Waals surface area contributed by atoms with Crippen LogP contribution in [0.4, 0.5) is 5.82 Å². The van der Waals surface area contributed by atoms with E-state index in [1.54, 1.807) is 0 Å². The smallest absolute Gasteiger partial charge is 0.272 e. The monoisotopic (exact) mass is 364 g/mol. The number of carbonyl (C=O) groups is 1. The van der Waals surface area contributed by atoms with Gasteiger partial charge in [0.2, 0.25) is 0 Å². The topological polar surface area (TPSA) is 49.3 Å². The number of rotatable bonds is 4. The molecule has 1 aromatic carbocycles. The normalized spacial score (nSPS) is 18.1. The Balaban J connectivity index is 1.41. The van der Waals surface area contributed by atoms with Gasteiger partial charge in [-0.1, -0.05) is 30.3 Å². The molecule has 27 heavy (non-hydrogen) atoms. The standard InChI is InChI=1S/C22H28N4O/c1-17-23-20(22(27)26-11-5-6-12-26)16-21(24-17)25-13-9-19(10-14-25)15-18-7-3-2-4-8-18/h2-4,7-8,16,19H,5-6,9-15H2,1H3. The summed E-state index contributed by atoms with van der Waals surface area (Å²) in [6.07, 6.45) is 5.66. The van der Waals surface area contributed by atoms with Crippen LogP contribution >= 0.6 is 0 Å². The molecule has 0 spiro atoms. The maximum atomic E-state index is 12.7. The molecule has 3 heterocycles. The summed E-state index contributed by atoms with van der Waals surface area (Å²) in [5.41, 5.74) is 1.97. The molecule has 0 radical (unpaired) electrons. The van der Waals surface area contributed by atoms with Crippen LogP contribution in [-0.2, 0) is 6.42 Å². The summed E-state index contributed by atoms with van der Waals surface area (Å²) < 4.78 is 0. The summed E-state index contributed by atoms with van der Waals surface area (Å²) in [5.74, 6) is 2.36. The van der Waals surface area contributed by atoms with Crippen molar-refractivity contribution in [3.8, 4) is 0 Å². The number of hydrogen-bond donors (Lipinski definition) is 0. The van der Waals surface area contributed by atoms with Gasteiger partial charge in [0, 0.05) is 32.2 Å². The summed E-state index contributed by atoms with van der Waals surface area (Å²) in [7, 11) is 0. The van der Waals surface area contributed by atoms with Gasteiger partial charge in [-0.15, -0.1) is 0 Å². The first-order chi connectivity index (χ1) is 13.2. The lowest BCUT2D eigenvalue weighted by Crippen LogP contribution is -2.35. The molecule has 0 aliphatic carbocycles. The molecule has 2 aliphatic rings. The number of aryl methyl sites for hydroxylation is 1. The number of carbonyl (C=O) groups excluding carboxylic acids is 1. The van der Waals surface area contributed by atoms with Crippen molar-refractivity contribution in [3.63, 3.8) is 0 Å². The molecule has 2 saturated heterocycles. The van der Waals surface area contributed by atoms with Crippen LogP contribution in [0.5, 0.6) is 0 Å². The van der Waals surface area contributed by atoms with Gasteiger partial charge in [-0.3, -0.25) is 4.79 Å². The Labute approximate surface area is 161 Å². The second-order valence-corrected chi connectivity index (χ2v) is 7.78. The Morgan fingerprint density at radius 3 is 2.44 bits per heavy atom. The third-order valence-electron chi connectivity index (χ3n) is 5.74. The van der Waals surface area contributed by atoms with E-state index in [2.05, 4.69) is 45.2 Å².